The van der Waals surface area contributed by atoms with Gasteiger partial charge in [0, 0.05) is 11.6 Å². The molecule has 1 aromatic rings. The molecule has 3 heteroatoms. The molecule has 1 unspecified atom stereocenters. The van der Waals surface area contributed by atoms with Gasteiger partial charge in [0.1, 0.15) is 11.6 Å². The van der Waals surface area contributed by atoms with Crippen molar-refractivity contribution in [2.45, 2.75) is 58.4 Å². The van der Waals surface area contributed by atoms with Crippen molar-refractivity contribution in [1.29, 1.82) is 0 Å². The van der Waals surface area contributed by atoms with Crippen molar-refractivity contribution in [3.8, 4) is 0 Å². The van der Waals surface area contributed by atoms with Crippen LogP contribution in [0, 0.1) is 11.6 Å². The lowest BCUT2D eigenvalue weighted by molar-refractivity contribution is 0.476. The van der Waals surface area contributed by atoms with E-state index in [0.717, 1.165) is 13.0 Å². The molecule has 0 bridgehead atoms. The van der Waals surface area contributed by atoms with Gasteiger partial charge in [0.2, 0.25) is 0 Å². The van der Waals surface area contributed by atoms with E-state index in [0.29, 0.717) is 0 Å². The van der Waals surface area contributed by atoms with Gasteiger partial charge in [0.15, 0.2) is 0 Å². The predicted octanol–water partition coefficient (Wildman–Crippen LogP) is 4.98. The van der Waals surface area contributed by atoms with Crippen molar-refractivity contribution in [2.75, 3.05) is 6.54 Å². The van der Waals surface area contributed by atoms with E-state index in [1.807, 2.05) is 0 Å². The lowest BCUT2D eigenvalue weighted by Gasteiger charge is -2.15. The highest BCUT2D eigenvalue weighted by atomic mass is 19.1. The molecule has 19 heavy (non-hydrogen) atoms. The first kappa shape index (κ1) is 16.1. The normalized spacial score (nSPS) is 12.6. The molecule has 0 amide bonds. The van der Waals surface area contributed by atoms with Crippen LogP contribution in [0.25, 0.3) is 0 Å². The molecule has 0 aromatic heterocycles. The Morgan fingerprint density at radius 1 is 1.00 bits per heavy atom. The molecule has 1 N–H and O–H groups in total. The van der Waals surface area contributed by atoms with Crippen LogP contribution in [-0.2, 0) is 0 Å². The van der Waals surface area contributed by atoms with E-state index in [1.165, 1.54) is 50.3 Å². The van der Waals surface area contributed by atoms with E-state index in [-0.39, 0.29) is 11.6 Å². The van der Waals surface area contributed by atoms with Gasteiger partial charge >= 0.3 is 0 Å². The molecule has 0 aliphatic heterocycles. The summed E-state index contributed by atoms with van der Waals surface area (Å²) in [6, 6.07) is 3.73. The quantitative estimate of drug-likeness (QED) is 0.624. The molecule has 108 valence electrons. The van der Waals surface area contributed by atoms with Crippen LogP contribution < -0.4 is 5.32 Å². The minimum atomic E-state index is -0.469. The Kier molecular flexibility index (Phi) is 7.65. The van der Waals surface area contributed by atoms with Gasteiger partial charge in [-0.2, -0.15) is 0 Å². The molecular weight excluding hydrogens is 244 g/mol. The highest BCUT2D eigenvalue weighted by Crippen LogP contribution is 2.20. The van der Waals surface area contributed by atoms with Gasteiger partial charge in [0.25, 0.3) is 0 Å². The number of nitrogens with one attached hydrogen (secondary N) is 1. The highest BCUT2D eigenvalue weighted by Gasteiger charge is 2.14. The van der Waals surface area contributed by atoms with Crippen LogP contribution in [0.15, 0.2) is 18.2 Å². The van der Waals surface area contributed by atoms with Crippen LogP contribution >= 0.6 is 0 Å². The van der Waals surface area contributed by atoms with Gasteiger partial charge in [-0.3, -0.25) is 0 Å². The maximum Gasteiger partial charge on any atom is 0.130 e. The summed E-state index contributed by atoms with van der Waals surface area (Å²) in [6.45, 7) is 4.81. The fourth-order valence-electron chi connectivity index (χ4n) is 2.25. The van der Waals surface area contributed by atoms with Gasteiger partial charge in [0.05, 0.1) is 0 Å². The van der Waals surface area contributed by atoms with E-state index >= 15 is 0 Å². The Balaban J connectivity index is 2.26. The summed E-state index contributed by atoms with van der Waals surface area (Å²) >= 11 is 0. The first-order valence-corrected chi connectivity index (χ1v) is 7.34. The lowest BCUT2D eigenvalue weighted by atomic mass is 10.1. The van der Waals surface area contributed by atoms with E-state index < -0.39 is 11.6 Å². The molecule has 0 fully saturated rings. The topological polar surface area (TPSA) is 12.0 Å². The minimum Gasteiger partial charge on any atom is -0.310 e. The van der Waals surface area contributed by atoms with Crippen molar-refractivity contribution in [3.63, 3.8) is 0 Å². The zero-order chi connectivity index (χ0) is 14.1. The maximum absolute atomic E-state index is 13.5. The third kappa shape index (κ3) is 5.68. The number of hydrogen-bond donors (Lipinski definition) is 1. The first-order chi connectivity index (χ1) is 9.16. The van der Waals surface area contributed by atoms with Crippen LogP contribution in [0.4, 0.5) is 8.78 Å². The molecule has 0 saturated heterocycles. The van der Waals surface area contributed by atoms with Gasteiger partial charge in [-0.15, -0.1) is 0 Å². The summed E-state index contributed by atoms with van der Waals surface area (Å²) in [7, 11) is 0. The minimum absolute atomic E-state index is 0.147. The summed E-state index contributed by atoms with van der Waals surface area (Å²) in [4.78, 5) is 0. The third-order valence-electron chi connectivity index (χ3n) is 3.41. The Hall–Kier alpha value is -0.960. The molecule has 1 aromatic carbocycles. The number of benzene rings is 1. The lowest BCUT2D eigenvalue weighted by Crippen LogP contribution is -2.21. The maximum atomic E-state index is 13.5. The highest BCUT2D eigenvalue weighted by molar-refractivity contribution is 5.22. The summed E-state index contributed by atoms with van der Waals surface area (Å²) in [5, 5.41) is 3.19. The molecule has 0 aliphatic carbocycles. The van der Waals surface area contributed by atoms with E-state index in [1.54, 1.807) is 6.92 Å². The van der Waals surface area contributed by atoms with Crippen molar-refractivity contribution in [2.24, 2.45) is 0 Å². The molecule has 0 saturated carbocycles. The van der Waals surface area contributed by atoms with Crippen LogP contribution in [0.5, 0.6) is 0 Å². The molecule has 0 spiro atoms. The average molecular weight is 269 g/mol. The first-order valence-electron chi connectivity index (χ1n) is 7.34. The standard InChI is InChI=1S/C16H25F2N/c1-3-4-5-6-7-8-12-19-13(2)16-14(17)10-9-11-15(16)18/h9-11,13,19H,3-8,12H2,1-2H3. The molecule has 1 atom stereocenters. The number of rotatable bonds is 9. The monoisotopic (exact) mass is 269 g/mol. The Bertz CT molecular complexity index is 346. The van der Waals surface area contributed by atoms with Crippen molar-refractivity contribution < 1.29 is 8.78 Å². The van der Waals surface area contributed by atoms with Crippen LogP contribution in [0.3, 0.4) is 0 Å². The number of unbranched alkanes of at least 4 members (excludes halogenated alkanes) is 5. The zero-order valence-corrected chi connectivity index (χ0v) is 12.0. The SMILES string of the molecule is CCCCCCCCNC(C)c1c(F)cccc1F. The summed E-state index contributed by atoms with van der Waals surface area (Å²) < 4.78 is 27.1. The third-order valence-corrected chi connectivity index (χ3v) is 3.41. The van der Waals surface area contributed by atoms with Crippen molar-refractivity contribution in [3.05, 3.63) is 35.4 Å². The Morgan fingerprint density at radius 3 is 2.21 bits per heavy atom. The summed E-state index contributed by atoms with van der Waals surface area (Å²) in [6.07, 6.45) is 7.32. The van der Waals surface area contributed by atoms with Gasteiger partial charge in [-0.05, 0) is 32.0 Å². The second kappa shape index (κ2) is 9.03. The van der Waals surface area contributed by atoms with Crippen LogP contribution in [-0.4, -0.2) is 6.54 Å². The molecular formula is C16H25F2N. The fourth-order valence-corrected chi connectivity index (χ4v) is 2.25. The average Bonchev–Trinajstić information content (AvgIpc) is 2.37. The molecule has 0 heterocycles. The number of halogens is 2. The van der Waals surface area contributed by atoms with E-state index in [9.17, 15) is 8.78 Å². The smallest absolute Gasteiger partial charge is 0.130 e. The zero-order valence-electron chi connectivity index (χ0n) is 12.0. The van der Waals surface area contributed by atoms with Crippen LogP contribution in [0.2, 0.25) is 0 Å². The number of hydrogen-bond acceptors (Lipinski definition) is 1. The van der Waals surface area contributed by atoms with Gasteiger partial charge in [-0.25, -0.2) is 8.78 Å². The van der Waals surface area contributed by atoms with Crippen molar-refractivity contribution >= 4 is 0 Å². The largest absolute Gasteiger partial charge is 0.310 e. The van der Waals surface area contributed by atoms with Crippen molar-refractivity contribution in [1.82, 2.24) is 5.32 Å². The second-order valence-corrected chi connectivity index (χ2v) is 5.08. The summed E-state index contributed by atoms with van der Waals surface area (Å²) in [5.74, 6) is -0.939. The molecule has 1 rings (SSSR count). The van der Waals surface area contributed by atoms with Gasteiger partial charge in [-0.1, -0.05) is 45.1 Å². The predicted molar refractivity (Wildman–Crippen MR) is 76.2 cm³/mol. The summed E-state index contributed by atoms with van der Waals surface area (Å²) in [5.41, 5.74) is 0.147. The Morgan fingerprint density at radius 2 is 1.58 bits per heavy atom. The fraction of sp³-hybridized carbons (Fsp3) is 0.625. The van der Waals surface area contributed by atoms with E-state index in [2.05, 4.69) is 12.2 Å². The second-order valence-electron chi connectivity index (χ2n) is 5.08. The molecule has 0 radical (unpaired) electrons. The molecule has 0 aliphatic rings. The van der Waals surface area contributed by atoms with E-state index in [4.69, 9.17) is 0 Å². The molecule has 1 nitrogen and oxygen atoms in total. The van der Waals surface area contributed by atoms with Gasteiger partial charge < -0.3 is 5.32 Å². The van der Waals surface area contributed by atoms with Crippen LogP contribution in [0.1, 0.15) is 64.0 Å². The Labute approximate surface area is 115 Å².